The van der Waals surface area contributed by atoms with Gasteiger partial charge < -0.3 is 15.6 Å². The van der Waals surface area contributed by atoms with E-state index in [1.165, 1.54) is 0 Å². The number of pyridine rings is 1. The molecule has 0 saturated heterocycles. The molecule has 2 rings (SSSR count). The second-order valence-corrected chi connectivity index (χ2v) is 5.17. The minimum atomic E-state index is -0.203. The fourth-order valence-corrected chi connectivity index (χ4v) is 2.11. The standard InChI is InChI=1S/C13H16BrN5O/c1-3-15-12-10(6-9(14)7-18-12)13(20)19-8(2)11-16-4-5-17-11/h4-8H,3H2,1-2H3,(H,15,18)(H,16,17)(H,19,20). The van der Waals surface area contributed by atoms with Gasteiger partial charge in [-0.3, -0.25) is 4.79 Å². The van der Waals surface area contributed by atoms with Gasteiger partial charge in [0.2, 0.25) is 0 Å². The molecule has 20 heavy (non-hydrogen) atoms. The molecular weight excluding hydrogens is 322 g/mol. The molecule has 1 amide bonds. The maximum atomic E-state index is 12.3. The summed E-state index contributed by atoms with van der Waals surface area (Å²) < 4.78 is 0.759. The fraction of sp³-hybridized carbons (Fsp3) is 0.308. The second kappa shape index (κ2) is 6.51. The summed E-state index contributed by atoms with van der Waals surface area (Å²) in [5.74, 6) is 1.09. The first-order valence-corrected chi connectivity index (χ1v) is 7.10. The molecule has 0 spiro atoms. The quantitative estimate of drug-likeness (QED) is 0.782. The Kier molecular flexibility index (Phi) is 4.73. The Balaban J connectivity index is 2.18. The van der Waals surface area contributed by atoms with Crippen molar-refractivity contribution in [2.75, 3.05) is 11.9 Å². The van der Waals surface area contributed by atoms with Crippen LogP contribution in [0.1, 0.15) is 36.1 Å². The number of nitrogens with one attached hydrogen (secondary N) is 3. The lowest BCUT2D eigenvalue weighted by atomic mass is 10.2. The van der Waals surface area contributed by atoms with Gasteiger partial charge in [-0.1, -0.05) is 0 Å². The van der Waals surface area contributed by atoms with Crippen molar-refractivity contribution in [1.82, 2.24) is 20.3 Å². The van der Waals surface area contributed by atoms with Crippen LogP contribution in [0.15, 0.2) is 29.1 Å². The molecule has 0 aliphatic carbocycles. The van der Waals surface area contributed by atoms with Crippen molar-refractivity contribution in [2.24, 2.45) is 0 Å². The normalized spacial score (nSPS) is 11.9. The third-order valence-electron chi connectivity index (χ3n) is 2.72. The van der Waals surface area contributed by atoms with Gasteiger partial charge in [-0.15, -0.1) is 0 Å². The molecule has 6 nitrogen and oxygen atoms in total. The topological polar surface area (TPSA) is 82.7 Å². The van der Waals surface area contributed by atoms with Gasteiger partial charge in [0.1, 0.15) is 11.6 Å². The Bertz CT molecular complexity index is 584. The lowest BCUT2D eigenvalue weighted by Crippen LogP contribution is -2.28. The first-order valence-electron chi connectivity index (χ1n) is 6.31. The molecule has 106 valence electrons. The first kappa shape index (κ1) is 14.5. The van der Waals surface area contributed by atoms with Crippen LogP contribution in [0.4, 0.5) is 5.82 Å². The number of nitrogens with zero attached hydrogens (tertiary/aromatic N) is 2. The van der Waals surface area contributed by atoms with Crippen LogP contribution in [0, 0.1) is 0 Å². The van der Waals surface area contributed by atoms with E-state index in [4.69, 9.17) is 0 Å². The Labute approximate surface area is 125 Å². The zero-order valence-electron chi connectivity index (χ0n) is 11.3. The number of carbonyl (C=O) groups is 1. The third-order valence-corrected chi connectivity index (χ3v) is 3.15. The van der Waals surface area contributed by atoms with Crippen molar-refractivity contribution in [3.63, 3.8) is 0 Å². The van der Waals surface area contributed by atoms with Gasteiger partial charge in [0.15, 0.2) is 0 Å². The van der Waals surface area contributed by atoms with Crippen molar-refractivity contribution in [2.45, 2.75) is 19.9 Å². The second-order valence-electron chi connectivity index (χ2n) is 4.25. The number of hydrogen-bond acceptors (Lipinski definition) is 4. The van der Waals surface area contributed by atoms with Gasteiger partial charge >= 0.3 is 0 Å². The fourth-order valence-electron chi connectivity index (χ4n) is 1.78. The van der Waals surface area contributed by atoms with Crippen LogP contribution in [0.3, 0.4) is 0 Å². The number of halogens is 1. The molecule has 0 aromatic carbocycles. The van der Waals surface area contributed by atoms with Gasteiger partial charge in [0.25, 0.3) is 5.91 Å². The van der Waals surface area contributed by atoms with E-state index in [0.717, 1.165) is 4.47 Å². The predicted octanol–water partition coefficient (Wildman–Crippen LogP) is 2.49. The van der Waals surface area contributed by atoms with Crippen LogP contribution in [-0.4, -0.2) is 27.4 Å². The summed E-state index contributed by atoms with van der Waals surface area (Å²) >= 11 is 3.33. The molecular formula is C13H16BrN5O. The molecule has 2 aromatic heterocycles. The summed E-state index contributed by atoms with van der Waals surface area (Å²) in [6.07, 6.45) is 5.04. The number of aromatic nitrogens is 3. The van der Waals surface area contributed by atoms with Crippen LogP contribution in [-0.2, 0) is 0 Å². The Morgan fingerprint density at radius 2 is 2.30 bits per heavy atom. The summed E-state index contributed by atoms with van der Waals surface area (Å²) in [6, 6.07) is 1.54. The van der Waals surface area contributed by atoms with Gasteiger partial charge in [-0.2, -0.15) is 0 Å². The van der Waals surface area contributed by atoms with E-state index in [1.54, 1.807) is 24.7 Å². The average molecular weight is 338 g/mol. The van der Waals surface area contributed by atoms with Gasteiger partial charge in [0, 0.05) is 29.6 Å². The van der Waals surface area contributed by atoms with E-state index in [-0.39, 0.29) is 11.9 Å². The zero-order valence-corrected chi connectivity index (χ0v) is 12.9. The molecule has 0 aliphatic rings. The van der Waals surface area contributed by atoms with E-state index < -0.39 is 0 Å². The smallest absolute Gasteiger partial charge is 0.255 e. The summed E-state index contributed by atoms with van der Waals surface area (Å²) in [5.41, 5.74) is 0.500. The summed E-state index contributed by atoms with van der Waals surface area (Å²) in [7, 11) is 0. The average Bonchev–Trinajstić information content (AvgIpc) is 2.95. The largest absolute Gasteiger partial charge is 0.370 e. The summed E-state index contributed by atoms with van der Waals surface area (Å²) in [6.45, 7) is 4.52. The Morgan fingerprint density at radius 1 is 1.50 bits per heavy atom. The molecule has 0 fully saturated rings. The molecule has 1 atom stereocenters. The lowest BCUT2D eigenvalue weighted by Gasteiger charge is -2.14. The van der Waals surface area contributed by atoms with Crippen molar-refractivity contribution in [1.29, 1.82) is 0 Å². The van der Waals surface area contributed by atoms with Gasteiger partial charge in [-0.05, 0) is 35.8 Å². The maximum absolute atomic E-state index is 12.3. The monoisotopic (exact) mass is 337 g/mol. The molecule has 0 bridgehead atoms. The maximum Gasteiger partial charge on any atom is 0.255 e. The number of imidazole rings is 1. The van der Waals surface area contributed by atoms with Crippen molar-refractivity contribution in [3.05, 3.63) is 40.5 Å². The van der Waals surface area contributed by atoms with E-state index in [9.17, 15) is 4.79 Å². The molecule has 0 radical (unpaired) electrons. The van der Waals surface area contributed by atoms with Crippen molar-refractivity contribution >= 4 is 27.7 Å². The predicted molar refractivity (Wildman–Crippen MR) is 80.6 cm³/mol. The minimum Gasteiger partial charge on any atom is -0.370 e. The molecule has 2 heterocycles. The number of anilines is 1. The summed E-state index contributed by atoms with van der Waals surface area (Å²) in [5, 5.41) is 5.97. The molecule has 0 aliphatic heterocycles. The highest BCUT2D eigenvalue weighted by atomic mass is 79.9. The van der Waals surface area contributed by atoms with Gasteiger partial charge in [0.05, 0.1) is 11.6 Å². The third kappa shape index (κ3) is 3.36. The molecule has 7 heteroatoms. The SMILES string of the molecule is CCNc1ncc(Br)cc1C(=O)NC(C)c1ncc[nH]1. The Hall–Kier alpha value is -1.89. The highest BCUT2D eigenvalue weighted by Gasteiger charge is 2.17. The highest BCUT2D eigenvalue weighted by molar-refractivity contribution is 9.10. The van der Waals surface area contributed by atoms with Crippen LogP contribution in [0.2, 0.25) is 0 Å². The first-order chi connectivity index (χ1) is 9.61. The van der Waals surface area contributed by atoms with Crippen LogP contribution in [0.5, 0.6) is 0 Å². The number of hydrogen-bond donors (Lipinski definition) is 3. The molecule has 2 aromatic rings. The van der Waals surface area contributed by atoms with E-state index >= 15 is 0 Å². The highest BCUT2D eigenvalue weighted by Crippen LogP contribution is 2.19. The van der Waals surface area contributed by atoms with E-state index in [0.29, 0.717) is 23.8 Å². The van der Waals surface area contributed by atoms with E-state index in [1.807, 2.05) is 13.8 Å². The van der Waals surface area contributed by atoms with E-state index in [2.05, 4.69) is 41.5 Å². The molecule has 3 N–H and O–H groups in total. The van der Waals surface area contributed by atoms with Crippen LogP contribution >= 0.6 is 15.9 Å². The Morgan fingerprint density at radius 3 is 2.95 bits per heavy atom. The van der Waals surface area contributed by atoms with Crippen LogP contribution < -0.4 is 10.6 Å². The number of carbonyl (C=O) groups excluding carboxylic acids is 1. The van der Waals surface area contributed by atoms with Gasteiger partial charge in [-0.25, -0.2) is 9.97 Å². The minimum absolute atomic E-state index is 0.196. The van der Waals surface area contributed by atoms with Crippen molar-refractivity contribution in [3.8, 4) is 0 Å². The zero-order chi connectivity index (χ0) is 14.5. The molecule has 0 saturated carbocycles. The lowest BCUT2D eigenvalue weighted by molar-refractivity contribution is 0.0939. The number of H-pyrrole nitrogens is 1. The number of rotatable bonds is 5. The van der Waals surface area contributed by atoms with Crippen LogP contribution in [0.25, 0.3) is 0 Å². The molecule has 1 unspecified atom stereocenters. The number of aromatic amines is 1. The van der Waals surface area contributed by atoms with Crippen molar-refractivity contribution < 1.29 is 4.79 Å². The summed E-state index contributed by atoms with van der Waals surface area (Å²) in [4.78, 5) is 23.7. The number of amides is 1.